The van der Waals surface area contributed by atoms with Crippen molar-refractivity contribution in [3.8, 4) is 11.3 Å². The van der Waals surface area contributed by atoms with Gasteiger partial charge >= 0.3 is 12.1 Å². The maximum absolute atomic E-state index is 14.1. The van der Waals surface area contributed by atoms with E-state index in [1.165, 1.54) is 30.3 Å². The lowest BCUT2D eigenvalue weighted by Gasteiger charge is -2.21. The van der Waals surface area contributed by atoms with E-state index in [1.807, 2.05) is 0 Å². The average Bonchev–Trinajstić information content (AvgIpc) is 3.69. The number of anilines is 2. The van der Waals surface area contributed by atoms with Crippen LogP contribution in [0.2, 0.25) is 0 Å². The maximum atomic E-state index is 14.1. The number of aromatic nitrogens is 2. The third-order valence-electron chi connectivity index (χ3n) is 6.01. The molecule has 0 radical (unpaired) electrons. The Hall–Kier alpha value is -3.74. The largest absolute Gasteiger partial charge is 0.481 e. The molecule has 0 spiro atoms. The smallest absolute Gasteiger partial charge is 0.418 e. The minimum absolute atomic E-state index is 0.0246. The monoisotopic (exact) mass is 552 g/mol. The van der Waals surface area contributed by atoms with Crippen molar-refractivity contribution in [3.63, 3.8) is 0 Å². The highest BCUT2D eigenvalue weighted by molar-refractivity contribution is 7.92. The highest BCUT2D eigenvalue weighted by Gasteiger charge is 2.37. The number of aliphatic carboxylic acids is 1. The standard InChI is InChI=1S/C25H24F4N4O4S/c1-2-33(13-12-23(34)35)21-4-3-5-22(31-21)38(36,37)32-20-11-10-19(25(27,28)29)24(30-20)18-14-16(26)8-9-17(18)15-6-7-15/h3-5,8-11,14-15H,2,6-7,12-13H2,1H3,(H,30,32)(H,34,35). The number of hydrogen-bond acceptors (Lipinski definition) is 6. The number of benzene rings is 1. The average molecular weight is 553 g/mol. The zero-order chi connectivity index (χ0) is 27.7. The number of sulfonamides is 1. The topological polar surface area (TPSA) is 112 Å². The highest BCUT2D eigenvalue weighted by atomic mass is 32.2. The molecular formula is C25H24F4N4O4S. The van der Waals surface area contributed by atoms with E-state index in [9.17, 15) is 30.8 Å². The lowest BCUT2D eigenvalue weighted by molar-refractivity contribution is -0.138. The third-order valence-corrected chi connectivity index (χ3v) is 7.27. The van der Waals surface area contributed by atoms with Crippen molar-refractivity contribution in [3.05, 3.63) is 65.5 Å². The van der Waals surface area contributed by atoms with Gasteiger partial charge in [0.2, 0.25) is 0 Å². The molecule has 0 amide bonds. The van der Waals surface area contributed by atoms with Gasteiger partial charge in [0.05, 0.1) is 17.7 Å². The predicted molar refractivity (Wildman–Crippen MR) is 132 cm³/mol. The third kappa shape index (κ3) is 6.21. The van der Waals surface area contributed by atoms with Crippen LogP contribution in [0, 0.1) is 5.82 Å². The van der Waals surface area contributed by atoms with Crippen molar-refractivity contribution in [2.45, 2.75) is 43.3 Å². The molecule has 3 aromatic rings. The van der Waals surface area contributed by atoms with Gasteiger partial charge in [0, 0.05) is 18.7 Å². The number of alkyl halides is 3. The Kier molecular flexibility index (Phi) is 7.58. The van der Waals surface area contributed by atoms with E-state index in [-0.39, 0.29) is 30.3 Å². The molecule has 2 heterocycles. The summed E-state index contributed by atoms with van der Waals surface area (Å²) >= 11 is 0. The molecule has 1 aromatic carbocycles. The zero-order valence-corrected chi connectivity index (χ0v) is 21.0. The van der Waals surface area contributed by atoms with Gasteiger partial charge in [-0.1, -0.05) is 12.1 Å². The molecule has 2 aromatic heterocycles. The summed E-state index contributed by atoms with van der Waals surface area (Å²) in [5.74, 6) is -1.98. The zero-order valence-electron chi connectivity index (χ0n) is 20.2. The van der Waals surface area contributed by atoms with Gasteiger partial charge in [-0.05, 0) is 67.6 Å². The number of nitrogens with one attached hydrogen (secondary N) is 1. The van der Waals surface area contributed by atoms with E-state index in [1.54, 1.807) is 11.8 Å². The van der Waals surface area contributed by atoms with Crippen molar-refractivity contribution in [2.75, 3.05) is 22.7 Å². The summed E-state index contributed by atoms with van der Waals surface area (Å²) in [6.45, 7) is 2.20. The molecule has 1 aliphatic rings. The first-order chi connectivity index (χ1) is 17.9. The number of hydrogen-bond donors (Lipinski definition) is 2. The summed E-state index contributed by atoms with van der Waals surface area (Å²) in [7, 11) is -4.40. The van der Waals surface area contributed by atoms with Crippen LogP contribution in [0.25, 0.3) is 11.3 Å². The van der Waals surface area contributed by atoms with Gasteiger partial charge in [-0.2, -0.15) is 21.6 Å². The SMILES string of the molecule is CCN(CCC(=O)O)c1cccc(S(=O)(=O)Nc2ccc(C(F)(F)F)c(-c3cc(F)ccc3C3CC3)n2)n1. The van der Waals surface area contributed by atoms with Crippen LogP contribution in [0.5, 0.6) is 0 Å². The van der Waals surface area contributed by atoms with Gasteiger partial charge in [0.25, 0.3) is 10.0 Å². The molecule has 4 rings (SSSR count). The second kappa shape index (κ2) is 10.6. The molecule has 1 saturated carbocycles. The summed E-state index contributed by atoms with van der Waals surface area (Å²) in [6.07, 6.45) is -3.51. The molecule has 1 aliphatic carbocycles. The number of nitrogens with zero attached hydrogens (tertiary/aromatic N) is 3. The van der Waals surface area contributed by atoms with E-state index in [0.717, 1.165) is 25.0 Å². The predicted octanol–water partition coefficient (Wildman–Crippen LogP) is 5.28. The van der Waals surface area contributed by atoms with Gasteiger partial charge in [-0.3, -0.25) is 9.52 Å². The van der Waals surface area contributed by atoms with Crippen molar-refractivity contribution in [1.82, 2.24) is 9.97 Å². The number of halogens is 4. The first-order valence-corrected chi connectivity index (χ1v) is 13.2. The molecule has 2 N–H and O–H groups in total. The molecule has 8 nitrogen and oxygen atoms in total. The second-order valence-electron chi connectivity index (χ2n) is 8.76. The molecule has 202 valence electrons. The summed E-state index contributed by atoms with van der Waals surface area (Å²) < 4.78 is 84.0. The molecule has 13 heteroatoms. The fourth-order valence-corrected chi connectivity index (χ4v) is 4.98. The number of carbonyl (C=O) groups is 1. The van der Waals surface area contributed by atoms with E-state index in [2.05, 4.69) is 14.7 Å². The molecule has 0 saturated heterocycles. The maximum Gasteiger partial charge on any atom is 0.418 e. The van der Waals surface area contributed by atoms with Crippen molar-refractivity contribution < 1.29 is 35.9 Å². The van der Waals surface area contributed by atoms with E-state index >= 15 is 0 Å². The van der Waals surface area contributed by atoms with Crippen LogP contribution in [-0.4, -0.2) is 42.6 Å². The number of carboxylic acid groups (broad SMARTS) is 1. The van der Waals surface area contributed by atoms with E-state index in [0.29, 0.717) is 18.2 Å². The Balaban J connectivity index is 1.71. The lowest BCUT2D eigenvalue weighted by atomic mass is 9.97. The number of rotatable bonds is 10. The first-order valence-electron chi connectivity index (χ1n) is 11.7. The minimum atomic E-state index is -4.82. The number of pyridine rings is 2. The van der Waals surface area contributed by atoms with Gasteiger partial charge in [-0.15, -0.1) is 0 Å². The van der Waals surface area contributed by atoms with Gasteiger partial charge < -0.3 is 10.0 Å². The first kappa shape index (κ1) is 27.3. The fourth-order valence-electron chi connectivity index (χ4n) is 4.02. The Morgan fingerprint density at radius 2 is 1.87 bits per heavy atom. The van der Waals surface area contributed by atoms with Crippen LogP contribution in [0.15, 0.2) is 53.6 Å². The Labute approximate surface area is 216 Å². The molecule has 1 fully saturated rings. The van der Waals surface area contributed by atoms with E-state index in [4.69, 9.17) is 5.11 Å². The summed E-state index contributed by atoms with van der Waals surface area (Å²) in [5.41, 5.74) is -1.23. The normalized spacial score (nSPS) is 13.8. The van der Waals surface area contributed by atoms with Gasteiger partial charge in [0.1, 0.15) is 17.5 Å². The Morgan fingerprint density at radius 1 is 1.13 bits per heavy atom. The molecule has 0 aliphatic heterocycles. The molecule has 0 bridgehead atoms. The van der Waals surface area contributed by atoms with Crippen LogP contribution in [0.1, 0.15) is 43.2 Å². The van der Waals surface area contributed by atoms with Gasteiger partial charge in [0.15, 0.2) is 5.03 Å². The minimum Gasteiger partial charge on any atom is -0.481 e. The fraction of sp³-hybridized carbons (Fsp3) is 0.320. The lowest BCUT2D eigenvalue weighted by Crippen LogP contribution is -2.27. The Morgan fingerprint density at radius 3 is 2.50 bits per heavy atom. The molecule has 38 heavy (non-hydrogen) atoms. The molecule has 0 atom stereocenters. The summed E-state index contributed by atoms with van der Waals surface area (Å²) in [6, 6.07) is 9.30. The van der Waals surface area contributed by atoms with Crippen molar-refractivity contribution in [2.24, 2.45) is 0 Å². The summed E-state index contributed by atoms with van der Waals surface area (Å²) in [4.78, 5) is 20.6. The van der Waals surface area contributed by atoms with Crippen LogP contribution >= 0.6 is 0 Å². The van der Waals surface area contributed by atoms with Crippen LogP contribution < -0.4 is 9.62 Å². The van der Waals surface area contributed by atoms with Crippen molar-refractivity contribution in [1.29, 1.82) is 0 Å². The Bertz CT molecular complexity index is 1460. The van der Waals surface area contributed by atoms with Gasteiger partial charge in [-0.25, -0.2) is 14.4 Å². The molecule has 0 unspecified atom stereocenters. The van der Waals surface area contributed by atoms with Crippen LogP contribution in [0.3, 0.4) is 0 Å². The van der Waals surface area contributed by atoms with E-state index < -0.39 is 50.1 Å². The van der Waals surface area contributed by atoms with Crippen molar-refractivity contribution >= 4 is 27.6 Å². The molecular weight excluding hydrogens is 528 g/mol. The van der Waals surface area contributed by atoms with Crippen LogP contribution in [0.4, 0.5) is 29.2 Å². The number of carboxylic acids is 1. The summed E-state index contributed by atoms with van der Waals surface area (Å²) in [5, 5.41) is 8.51. The quantitative estimate of drug-likeness (QED) is 0.329. The highest BCUT2D eigenvalue weighted by Crippen LogP contribution is 2.46. The second-order valence-corrected chi connectivity index (χ2v) is 10.4. The van der Waals surface area contributed by atoms with Crippen LogP contribution in [-0.2, 0) is 21.0 Å².